The fourth-order valence-electron chi connectivity index (χ4n) is 0.453. The van der Waals surface area contributed by atoms with Gasteiger partial charge in [0.05, 0.1) is 0 Å². The highest BCUT2D eigenvalue weighted by Crippen LogP contribution is 2.13. The maximum absolute atomic E-state index is 9.45. The van der Waals surface area contributed by atoms with Crippen molar-refractivity contribution in [3.05, 3.63) is 24.3 Å². The van der Waals surface area contributed by atoms with Crippen LogP contribution in [0.25, 0.3) is 0 Å². The van der Waals surface area contributed by atoms with Crippen molar-refractivity contribution >= 4 is 47.3 Å². The summed E-state index contributed by atoms with van der Waals surface area (Å²) < 4.78 is 0. The van der Waals surface area contributed by atoms with Crippen LogP contribution in [0.1, 0.15) is 0 Å². The van der Waals surface area contributed by atoms with E-state index in [4.69, 9.17) is 10.2 Å². The van der Waals surface area contributed by atoms with Crippen molar-refractivity contribution in [2.75, 3.05) is 0 Å². The second-order valence-electron chi connectivity index (χ2n) is 4.43. The molecule has 1 aromatic carbocycles. The van der Waals surface area contributed by atoms with E-state index in [2.05, 4.69) is 45.9 Å². The normalized spacial score (nSPS) is 7.75. The summed E-state index contributed by atoms with van der Waals surface area (Å²) in [6.07, 6.45) is 0. The number of amides is 8. The molecule has 1 aromatic rings. The van der Waals surface area contributed by atoms with E-state index in [0.717, 1.165) is 0 Å². The summed E-state index contributed by atoms with van der Waals surface area (Å²) in [5.41, 5.74) is 34.6. The van der Waals surface area contributed by atoms with Crippen molar-refractivity contribution in [3.8, 4) is 11.5 Å². The number of aromatic hydroxyl groups is 2. The van der Waals surface area contributed by atoms with E-state index in [0.29, 0.717) is 0 Å². The molecule has 0 aliphatic carbocycles. The molecule has 0 saturated carbocycles. The molecule has 0 atom stereocenters. The number of hydrogen-bond donors (Lipinski definition) is 10. The van der Waals surface area contributed by atoms with Crippen molar-refractivity contribution in [3.63, 3.8) is 0 Å². The Bertz CT molecular complexity index is 673. The molecular formula is C14H22N8O10. The molecule has 18 N–H and O–H groups in total. The molecule has 178 valence electrons. The Labute approximate surface area is 178 Å². The number of hydrogen-bond acceptors (Lipinski definition) is 10. The molecule has 0 unspecified atom stereocenters. The minimum absolute atomic E-state index is 0.169. The largest absolute Gasteiger partial charge is 0.508 e. The van der Waals surface area contributed by atoms with E-state index in [1.54, 1.807) is 0 Å². The van der Waals surface area contributed by atoms with Crippen molar-refractivity contribution in [1.29, 1.82) is 0 Å². The van der Waals surface area contributed by atoms with Crippen LogP contribution in [-0.4, -0.2) is 57.5 Å². The van der Waals surface area contributed by atoms with Gasteiger partial charge in [-0.2, -0.15) is 0 Å². The summed E-state index contributed by atoms with van der Waals surface area (Å²) >= 11 is 0. The van der Waals surface area contributed by atoms with E-state index < -0.39 is 47.3 Å². The number of rotatable bonds is 0. The van der Waals surface area contributed by atoms with Gasteiger partial charge in [-0.15, -0.1) is 0 Å². The predicted octanol–water partition coefficient (Wildman–Crippen LogP) is -7.07. The first-order valence-electron chi connectivity index (χ1n) is 7.21. The summed E-state index contributed by atoms with van der Waals surface area (Å²) in [6.45, 7) is 0. The van der Waals surface area contributed by atoms with E-state index in [1.165, 1.54) is 24.3 Å². The number of nitrogens with two attached hydrogens (primary N) is 8. The summed E-state index contributed by atoms with van der Waals surface area (Å²) in [5, 5.41) is 17.3. The average molecular weight is 462 g/mol. The predicted molar refractivity (Wildman–Crippen MR) is 103 cm³/mol. The molecule has 0 saturated heterocycles. The summed E-state index contributed by atoms with van der Waals surface area (Å²) in [7, 11) is 0. The first-order valence-corrected chi connectivity index (χ1v) is 7.21. The highest BCUT2D eigenvalue weighted by atomic mass is 16.3. The molecule has 8 amide bonds. The van der Waals surface area contributed by atoms with Gasteiger partial charge in [-0.05, 0) is 24.3 Å². The second-order valence-corrected chi connectivity index (χ2v) is 4.43. The van der Waals surface area contributed by atoms with E-state index >= 15 is 0 Å². The lowest BCUT2D eigenvalue weighted by Crippen LogP contribution is -2.29. The summed E-state index contributed by atoms with van der Waals surface area (Å²) in [4.78, 5) is 75.6. The first kappa shape index (κ1) is 34.1. The van der Waals surface area contributed by atoms with Crippen LogP contribution in [0.4, 0.5) is 0 Å². The molecule has 1 rings (SSSR count). The third kappa shape index (κ3) is 32.3. The number of carbonyl (C=O) groups excluding carboxylic acids is 8. The molecule has 18 heteroatoms. The van der Waals surface area contributed by atoms with Crippen LogP contribution in [0.2, 0.25) is 0 Å². The zero-order valence-electron chi connectivity index (χ0n) is 16.1. The van der Waals surface area contributed by atoms with E-state index in [1.807, 2.05) is 0 Å². The van der Waals surface area contributed by atoms with Gasteiger partial charge >= 0.3 is 47.3 Å². The Morgan fingerprint density at radius 1 is 0.375 bits per heavy atom. The monoisotopic (exact) mass is 462 g/mol. The van der Waals surface area contributed by atoms with Gasteiger partial charge in [-0.25, -0.2) is 0 Å². The van der Waals surface area contributed by atoms with Gasteiger partial charge in [0, 0.05) is 0 Å². The number of phenolic OH excluding ortho intramolecular Hbond substituents is 2. The van der Waals surface area contributed by atoms with Crippen LogP contribution in [0.5, 0.6) is 11.5 Å². The molecular weight excluding hydrogens is 440 g/mol. The van der Waals surface area contributed by atoms with E-state index in [-0.39, 0.29) is 11.5 Å². The van der Waals surface area contributed by atoms with Crippen LogP contribution >= 0.6 is 0 Å². The van der Waals surface area contributed by atoms with Crippen molar-refractivity contribution < 1.29 is 48.6 Å². The Kier molecular flexibility index (Phi) is 20.2. The summed E-state index contributed by atoms with van der Waals surface area (Å²) in [5.74, 6) is -8.48. The van der Waals surface area contributed by atoms with Crippen molar-refractivity contribution in [2.45, 2.75) is 0 Å². The molecule has 0 spiro atoms. The average Bonchev–Trinajstić information content (AvgIpc) is 2.65. The van der Waals surface area contributed by atoms with Crippen LogP contribution < -0.4 is 45.9 Å². The molecule has 0 aliphatic rings. The van der Waals surface area contributed by atoms with Gasteiger partial charge in [0.25, 0.3) is 0 Å². The van der Waals surface area contributed by atoms with E-state index in [9.17, 15) is 38.4 Å². The lowest BCUT2D eigenvalue weighted by molar-refractivity contribution is -0.135. The maximum atomic E-state index is 9.45. The standard InChI is InChI=1S/C6H6O2.4C2H4N2O2/c7-5-1-2-6(8)4-3-5;4*3-1(5)2(4)6/h1-4,7-8H;4*(H2,3,5)(H2,4,6). The third-order valence-electron chi connectivity index (χ3n) is 1.82. The van der Waals surface area contributed by atoms with Crippen molar-refractivity contribution in [1.82, 2.24) is 0 Å². The van der Waals surface area contributed by atoms with Crippen LogP contribution in [0, 0.1) is 0 Å². The zero-order valence-corrected chi connectivity index (χ0v) is 16.1. The molecule has 0 aliphatic heterocycles. The smallest absolute Gasteiger partial charge is 0.306 e. The topological polar surface area (TPSA) is 385 Å². The maximum Gasteiger partial charge on any atom is 0.306 e. The van der Waals surface area contributed by atoms with Gasteiger partial charge in [0.2, 0.25) is 0 Å². The van der Waals surface area contributed by atoms with Gasteiger partial charge in [-0.1, -0.05) is 0 Å². The lowest BCUT2D eigenvalue weighted by atomic mass is 10.3. The number of primary amides is 8. The molecule has 0 radical (unpaired) electrons. The van der Waals surface area contributed by atoms with Gasteiger partial charge in [0.15, 0.2) is 0 Å². The molecule has 0 aromatic heterocycles. The van der Waals surface area contributed by atoms with Crippen LogP contribution in [-0.2, 0) is 38.4 Å². The fourth-order valence-corrected chi connectivity index (χ4v) is 0.453. The fraction of sp³-hybridized carbons (Fsp3) is 0. The Morgan fingerprint density at radius 3 is 0.531 bits per heavy atom. The SMILES string of the molecule is NC(=O)C(N)=O.NC(=O)C(N)=O.NC(=O)C(N)=O.NC(=O)C(N)=O.Oc1ccc(O)cc1. The first-order chi connectivity index (χ1) is 14.4. The number of phenols is 2. The minimum atomic E-state index is -1.10. The summed E-state index contributed by atoms with van der Waals surface area (Å²) in [6, 6.07) is 5.70. The van der Waals surface area contributed by atoms with Crippen LogP contribution in [0.3, 0.4) is 0 Å². The zero-order chi connectivity index (χ0) is 26.6. The van der Waals surface area contributed by atoms with Gasteiger partial charge in [-0.3, -0.25) is 38.4 Å². The minimum Gasteiger partial charge on any atom is -0.508 e. The van der Waals surface area contributed by atoms with Gasteiger partial charge in [0.1, 0.15) is 11.5 Å². The Hall–Kier alpha value is -5.42. The third-order valence-corrected chi connectivity index (χ3v) is 1.82. The number of carbonyl (C=O) groups is 8. The quantitative estimate of drug-likeness (QED) is 0.128. The van der Waals surface area contributed by atoms with Crippen molar-refractivity contribution in [2.24, 2.45) is 45.9 Å². The van der Waals surface area contributed by atoms with Gasteiger partial charge < -0.3 is 56.1 Å². The molecule has 32 heavy (non-hydrogen) atoms. The molecule has 0 fully saturated rings. The molecule has 18 nitrogen and oxygen atoms in total. The Morgan fingerprint density at radius 2 is 0.469 bits per heavy atom. The Balaban J connectivity index is -0.000000154. The molecule has 0 heterocycles. The highest BCUT2D eigenvalue weighted by Gasteiger charge is 1.98. The second kappa shape index (κ2) is 18.9. The molecule has 0 bridgehead atoms. The van der Waals surface area contributed by atoms with Crippen LogP contribution in [0.15, 0.2) is 24.3 Å². The number of benzene rings is 1. The highest BCUT2D eigenvalue weighted by molar-refractivity contribution is 6.34. The lowest BCUT2D eigenvalue weighted by Gasteiger charge is -1.88.